The number of hydrogen-bond acceptors (Lipinski definition) is 3. The van der Waals surface area contributed by atoms with E-state index < -0.39 is 10.0 Å². The summed E-state index contributed by atoms with van der Waals surface area (Å²) in [6.45, 7) is 3.04. The van der Waals surface area contributed by atoms with Gasteiger partial charge in [0.1, 0.15) is 0 Å². The SMILES string of the molecule is Cc1cccc(S(=O)(=O)N2CCCC2)n1. The Hall–Kier alpha value is -0.940. The molecule has 5 heteroatoms. The van der Waals surface area contributed by atoms with Crippen LogP contribution in [0.25, 0.3) is 0 Å². The van der Waals surface area contributed by atoms with Gasteiger partial charge in [-0.15, -0.1) is 0 Å². The molecule has 1 aromatic rings. The molecule has 1 aliphatic rings. The third kappa shape index (κ3) is 2.03. The molecule has 0 aromatic carbocycles. The molecule has 0 unspecified atom stereocenters. The van der Waals surface area contributed by atoms with E-state index in [4.69, 9.17) is 0 Å². The molecule has 2 rings (SSSR count). The van der Waals surface area contributed by atoms with Crippen molar-refractivity contribution in [1.82, 2.24) is 9.29 Å². The lowest BCUT2D eigenvalue weighted by Crippen LogP contribution is -2.28. The van der Waals surface area contributed by atoms with Crippen LogP contribution in [0.4, 0.5) is 0 Å². The Morgan fingerprint density at radius 3 is 2.53 bits per heavy atom. The number of aryl methyl sites for hydroxylation is 1. The van der Waals surface area contributed by atoms with Gasteiger partial charge in [0.25, 0.3) is 10.0 Å². The highest BCUT2D eigenvalue weighted by molar-refractivity contribution is 7.89. The lowest BCUT2D eigenvalue weighted by atomic mass is 10.4. The molecular formula is C10H14N2O2S. The first kappa shape index (κ1) is 10.6. The summed E-state index contributed by atoms with van der Waals surface area (Å²) >= 11 is 0. The van der Waals surface area contributed by atoms with Crippen molar-refractivity contribution < 1.29 is 8.42 Å². The van der Waals surface area contributed by atoms with Crippen molar-refractivity contribution in [3.63, 3.8) is 0 Å². The van der Waals surface area contributed by atoms with Gasteiger partial charge >= 0.3 is 0 Å². The number of rotatable bonds is 2. The fourth-order valence-electron chi connectivity index (χ4n) is 1.72. The zero-order valence-electron chi connectivity index (χ0n) is 8.68. The van der Waals surface area contributed by atoms with Crippen LogP contribution >= 0.6 is 0 Å². The van der Waals surface area contributed by atoms with Gasteiger partial charge in [-0.05, 0) is 31.9 Å². The molecule has 0 aliphatic carbocycles. The molecule has 0 bridgehead atoms. The molecule has 82 valence electrons. The zero-order valence-corrected chi connectivity index (χ0v) is 9.50. The Labute approximate surface area is 90.0 Å². The molecule has 0 N–H and O–H groups in total. The second kappa shape index (κ2) is 3.90. The second-order valence-corrected chi connectivity index (χ2v) is 5.61. The standard InChI is InChI=1S/C10H14N2O2S/c1-9-5-4-6-10(11-9)15(13,14)12-7-2-3-8-12/h4-6H,2-3,7-8H2,1H3. The van der Waals surface area contributed by atoms with Gasteiger partial charge in [-0.25, -0.2) is 13.4 Å². The lowest BCUT2D eigenvalue weighted by Gasteiger charge is -2.14. The molecule has 0 saturated carbocycles. The summed E-state index contributed by atoms with van der Waals surface area (Å²) in [6.07, 6.45) is 1.90. The molecule has 1 fully saturated rings. The Balaban J connectivity index is 2.36. The minimum absolute atomic E-state index is 0.171. The van der Waals surface area contributed by atoms with E-state index in [1.807, 2.05) is 0 Å². The van der Waals surface area contributed by atoms with E-state index in [1.165, 1.54) is 4.31 Å². The van der Waals surface area contributed by atoms with Gasteiger partial charge in [0.15, 0.2) is 5.03 Å². The highest BCUT2D eigenvalue weighted by Crippen LogP contribution is 2.18. The van der Waals surface area contributed by atoms with E-state index in [0.717, 1.165) is 18.5 Å². The van der Waals surface area contributed by atoms with Gasteiger partial charge in [0.2, 0.25) is 0 Å². The highest BCUT2D eigenvalue weighted by atomic mass is 32.2. The summed E-state index contributed by atoms with van der Waals surface area (Å²) < 4.78 is 25.6. The van der Waals surface area contributed by atoms with Crippen LogP contribution in [0.1, 0.15) is 18.5 Å². The van der Waals surface area contributed by atoms with Crippen LogP contribution < -0.4 is 0 Å². The van der Waals surface area contributed by atoms with E-state index in [0.29, 0.717) is 13.1 Å². The largest absolute Gasteiger partial charge is 0.260 e. The van der Waals surface area contributed by atoms with Crippen LogP contribution in [0.5, 0.6) is 0 Å². The monoisotopic (exact) mass is 226 g/mol. The van der Waals surface area contributed by atoms with E-state index in [-0.39, 0.29) is 5.03 Å². The van der Waals surface area contributed by atoms with Crippen molar-refractivity contribution in [2.24, 2.45) is 0 Å². The van der Waals surface area contributed by atoms with E-state index in [1.54, 1.807) is 25.1 Å². The molecule has 0 amide bonds. The van der Waals surface area contributed by atoms with Crippen LogP contribution in [-0.4, -0.2) is 30.8 Å². The van der Waals surface area contributed by atoms with E-state index in [2.05, 4.69) is 4.98 Å². The number of nitrogens with zero attached hydrogens (tertiary/aromatic N) is 2. The quantitative estimate of drug-likeness (QED) is 0.760. The normalized spacial score (nSPS) is 18.2. The van der Waals surface area contributed by atoms with Gasteiger partial charge in [-0.2, -0.15) is 4.31 Å². The maximum atomic E-state index is 12.1. The minimum atomic E-state index is -3.34. The first-order valence-corrected chi connectivity index (χ1v) is 6.48. The summed E-state index contributed by atoms with van der Waals surface area (Å²) in [6, 6.07) is 5.08. The van der Waals surface area contributed by atoms with Crippen LogP contribution in [-0.2, 0) is 10.0 Å². The van der Waals surface area contributed by atoms with Gasteiger partial charge in [-0.3, -0.25) is 0 Å². The van der Waals surface area contributed by atoms with Crippen molar-refractivity contribution in [1.29, 1.82) is 0 Å². The smallest absolute Gasteiger partial charge is 0.240 e. The first-order chi connectivity index (χ1) is 7.10. The fourth-order valence-corrected chi connectivity index (χ4v) is 3.24. The molecule has 1 aromatic heterocycles. The molecule has 0 atom stereocenters. The van der Waals surface area contributed by atoms with Crippen LogP contribution in [0.15, 0.2) is 23.2 Å². The van der Waals surface area contributed by atoms with Crippen molar-refractivity contribution in [2.75, 3.05) is 13.1 Å². The molecular weight excluding hydrogens is 212 g/mol. The van der Waals surface area contributed by atoms with Crippen LogP contribution in [0, 0.1) is 6.92 Å². The van der Waals surface area contributed by atoms with Crippen molar-refractivity contribution in [3.05, 3.63) is 23.9 Å². The number of aromatic nitrogens is 1. The lowest BCUT2D eigenvalue weighted by molar-refractivity contribution is 0.474. The molecule has 0 spiro atoms. The number of hydrogen-bond donors (Lipinski definition) is 0. The Bertz CT molecular complexity index is 450. The van der Waals surface area contributed by atoms with Crippen LogP contribution in [0.3, 0.4) is 0 Å². The van der Waals surface area contributed by atoms with E-state index in [9.17, 15) is 8.42 Å². The summed E-state index contributed by atoms with van der Waals surface area (Å²) in [5.41, 5.74) is 0.732. The third-order valence-electron chi connectivity index (χ3n) is 2.53. The minimum Gasteiger partial charge on any atom is -0.240 e. The molecule has 2 heterocycles. The molecule has 15 heavy (non-hydrogen) atoms. The topological polar surface area (TPSA) is 50.3 Å². The maximum Gasteiger partial charge on any atom is 0.260 e. The number of sulfonamides is 1. The Morgan fingerprint density at radius 2 is 1.93 bits per heavy atom. The molecule has 4 nitrogen and oxygen atoms in total. The highest BCUT2D eigenvalue weighted by Gasteiger charge is 2.27. The Kier molecular flexibility index (Phi) is 2.75. The predicted molar refractivity (Wildman–Crippen MR) is 57.0 cm³/mol. The number of pyridine rings is 1. The zero-order chi connectivity index (χ0) is 10.9. The van der Waals surface area contributed by atoms with Gasteiger partial charge in [0, 0.05) is 18.8 Å². The molecule has 1 saturated heterocycles. The van der Waals surface area contributed by atoms with Gasteiger partial charge < -0.3 is 0 Å². The molecule has 1 aliphatic heterocycles. The van der Waals surface area contributed by atoms with Gasteiger partial charge in [0.05, 0.1) is 0 Å². The van der Waals surface area contributed by atoms with Gasteiger partial charge in [-0.1, -0.05) is 6.07 Å². The summed E-state index contributed by atoms with van der Waals surface area (Å²) in [4.78, 5) is 4.06. The summed E-state index contributed by atoms with van der Waals surface area (Å²) in [7, 11) is -3.34. The van der Waals surface area contributed by atoms with Crippen molar-refractivity contribution in [2.45, 2.75) is 24.8 Å². The third-order valence-corrected chi connectivity index (χ3v) is 4.33. The average molecular weight is 226 g/mol. The summed E-state index contributed by atoms with van der Waals surface area (Å²) in [5.74, 6) is 0. The average Bonchev–Trinajstić information content (AvgIpc) is 2.71. The summed E-state index contributed by atoms with van der Waals surface area (Å²) in [5, 5.41) is 0.171. The van der Waals surface area contributed by atoms with Crippen molar-refractivity contribution >= 4 is 10.0 Å². The second-order valence-electron chi connectivity index (χ2n) is 3.73. The Morgan fingerprint density at radius 1 is 1.27 bits per heavy atom. The predicted octanol–water partition coefficient (Wildman–Crippen LogP) is 1.17. The van der Waals surface area contributed by atoms with Crippen molar-refractivity contribution in [3.8, 4) is 0 Å². The molecule has 0 radical (unpaired) electrons. The van der Waals surface area contributed by atoms with E-state index >= 15 is 0 Å². The van der Waals surface area contributed by atoms with Crippen LogP contribution in [0.2, 0.25) is 0 Å². The maximum absolute atomic E-state index is 12.1. The first-order valence-electron chi connectivity index (χ1n) is 5.04. The fraction of sp³-hybridized carbons (Fsp3) is 0.500.